The lowest BCUT2D eigenvalue weighted by atomic mass is 10.0. The molecule has 25 heavy (non-hydrogen) atoms. The maximum Gasteiger partial charge on any atom is 0.303 e. The Balaban J connectivity index is 3.19. The van der Waals surface area contributed by atoms with Crippen molar-refractivity contribution >= 4 is 11.9 Å². The van der Waals surface area contributed by atoms with E-state index in [0.717, 1.165) is 38.5 Å². The molecule has 0 aliphatic carbocycles. The number of hydrogen-bond acceptors (Lipinski definition) is 4. The SMILES string of the molecule is CC(O)(O)CNC(=O)CCCCCCCCCCCCCCC(=O)O. The van der Waals surface area contributed by atoms with Crippen LogP contribution in [-0.4, -0.2) is 39.5 Å². The fraction of sp³-hybridized carbons (Fsp3) is 0.895. The van der Waals surface area contributed by atoms with Crippen molar-refractivity contribution in [2.45, 2.75) is 103 Å². The summed E-state index contributed by atoms with van der Waals surface area (Å²) in [7, 11) is 0. The Morgan fingerprint density at radius 1 is 0.720 bits per heavy atom. The van der Waals surface area contributed by atoms with Crippen molar-refractivity contribution in [1.29, 1.82) is 0 Å². The second-order valence-electron chi connectivity index (χ2n) is 7.13. The highest BCUT2D eigenvalue weighted by Crippen LogP contribution is 2.13. The predicted octanol–water partition coefficient (Wildman–Crippen LogP) is 3.35. The zero-order valence-electron chi connectivity index (χ0n) is 15.8. The zero-order valence-corrected chi connectivity index (χ0v) is 15.8. The van der Waals surface area contributed by atoms with Crippen LogP contribution in [-0.2, 0) is 9.59 Å². The second-order valence-corrected chi connectivity index (χ2v) is 7.13. The van der Waals surface area contributed by atoms with E-state index in [0.29, 0.717) is 12.8 Å². The van der Waals surface area contributed by atoms with Crippen molar-refractivity contribution < 1.29 is 24.9 Å². The quantitative estimate of drug-likeness (QED) is 0.235. The van der Waals surface area contributed by atoms with Crippen LogP contribution < -0.4 is 5.32 Å². The van der Waals surface area contributed by atoms with E-state index >= 15 is 0 Å². The van der Waals surface area contributed by atoms with Crippen molar-refractivity contribution in [3.8, 4) is 0 Å². The number of rotatable bonds is 17. The molecule has 0 spiro atoms. The summed E-state index contributed by atoms with van der Waals surface area (Å²) in [6, 6.07) is 0. The molecule has 0 fully saturated rings. The molecule has 0 aliphatic heterocycles. The number of carboxylic acid groups (broad SMARTS) is 1. The molecule has 6 nitrogen and oxygen atoms in total. The molecule has 0 aromatic rings. The van der Waals surface area contributed by atoms with Crippen molar-refractivity contribution in [3.05, 3.63) is 0 Å². The summed E-state index contributed by atoms with van der Waals surface area (Å²) in [5.41, 5.74) is 0. The van der Waals surface area contributed by atoms with Crippen LogP contribution in [0.3, 0.4) is 0 Å². The molecule has 0 aromatic heterocycles. The van der Waals surface area contributed by atoms with Gasteiger partial charge in [0, 0.05) is 12.8 Å². The Morgan fingerprint density at radius 3 is 1.44 bits per heavy atom. The molecule has 1 amide bonds. The largest absolute Gasteiger partial charge is 0.481 e. The van der Waals surface area contributed by atoms with E-state index in [9.17, 15) is 9.59 Å². The first-order chi connectivity index (χ1) is 11.8. The molecule has 0 bridgehead atoms. The number of aliphatic carboxylic acids is 1. The molecule has 148 valence electrons. The van der Waals surface area contributed by atoms with E-state index < -0.39 is 11.8 Å². The van der Waals surface area contributed by atoms with Gasteiger partial charge in [-0.2, -0.15) is 0 Å². The minimum absolute atomic E-state index is 0.127. The number of nitrogens with one attached hydrogen (secondary N) is 1. The number of carbonyl (C=O) groups is 2. The van der Waals surface area contributed by atoms with E-state index in [4.69, 9.17) is 15.3 Å². The number of unbranched alkanes of at least 4 members (excludes halogenated alkanes) is 11. The fourth-order valence-electron chi connectivity index (χ4n) is 2.68. The van der Waals surface area contributed by atoms with Crippen molar-refractivity contribution in [1.82, 2.24) is 5.32 Å². The molecule has 0 rings (SSSR count). The Labute approximate surface area is 152 Å². The van der Waals surface area contributed by atoms with Crippen LogP contribution in [0.4, 0.5) is 0 Å². The van der Waals surface area contributed by atoms with E-state index in [1.165, 1.54) is 45.4 Å². The topological polar surface area (TPSA) is 107 Å². The first kappa shape index (κ1) is 23.9. The lowest BCUT2D eigenvalue weighted by Crippen LogP contribution is -2.40. The smallest absolute Gasteiger partial charge is 0.303 e. The van der Waals surface area contributed by atoms with Gasteiger partial charge >= 0.3 is 5.97 Å². The van der Waals surface area contributed by atoms with E-state index in [-0.39, 0.29) is 12.5 Å². The monoisotopic (exact) mass is 359 g/mol. The Kier molecular flexibility index (Phi) is 14.5. The first-order valence-electron chi connectivity index (χ1n) is 9.74. The molecule has 0 heterocycles. The summed E-state index contributed by atoms with van der Waals surface area (Å²) in [6.45, 7) is 1.11. The molecule has 0 saturated heterocycles. The molecule has 0 unspecified atom stereocenters. The third kappa shape index (κ3) is 20.8. The minimum atomic E-state index is -1.84. The van der Waals surface area contributed by atoms with Gasteiger partial charge in [0.15, 0.2) is 5.79 Å². The molecule has 4 N–H and O–H groups in total. The maximum absolute atomic E-state index is 11.5. The van der Waals surface area contributed by atoms with Crippen LogP contribution in [0.15, 0.2) is 0 Å². The van der Waals surface area contributed by atoms with Gasteiger partial charge in [0.1, 0.15) is 0 Å². The molecule has 0 radical (unpaired) electrons. The zero-order chi connectivity index (χ0) is 19.0. The van der Waals surface area contributed by atoms with Gasteiger partial charge in [0.05, 0.1) is 6.54 Å². The molecule has 0 atom stereocenters. The number of hydrogen-bond donors (Lipinski definition) is 4. The van der Waals surface area contributed by atoms with Crippen LogP contribution in [0.5, 0.6) is 0 Å². The average Bonchev–Trinajstić information content (AvgIpc) is 2.52. The predicted molar refractivity (Wildman–Crippen MR) is 98.1 cm³/mol. The molecule has 0 saturated carbocycles. The van der Waals surface area contributed by atoms with E-state index in [2.05, 4.69) is 5.32 Å². The van der Waals surface area contributed by atoms with Gasteiger partial charge in [-0.25, -0.2) is 0 Å². The molecular formula is C19H37NO5. The fourth-order valence-corrected chi connectivity index (χ4v) is 2.68. The average molecular weight is 360 g/mol. The van der Waals surface area contributed by atoms with Gasteiger partial charge in [-0.3, -0.25) is 9.59 Å². The number of amides is 1. The van der Waals surface area contributed by atoms with Gasteiger partial charge in [0.2, 0.25) is 5.91 Å². The van der Waals surface area contributed by atoms with Gasteiger partial charge < -0.3 is 20.6 Å². The maximum atomic E-state index is 11.5. The lowest BCUT2D eigenvalue weighted by molar-refractivity contribution is -0.147. The molecular weight excluding hydrogens is 322 g/mol. The summed E-state index contributed by atoms with van der Waals surface area (Å²) < 4.78 is 0. The Morgan fingerprint density at radius 2 is 1.08 bits per heavy atom. The molecule has 0 aromatic carbocycles. The summed E-state index contributed by atoms with van der Waals surface area (Å²) in [5, 5.41) is 29.2. The van der Waals surface area contributed by atoms with Gasteiger partial charge in [0.25, 0.3) is 0 Å². The highest BCUT2D eigenvalue weighted by Gasteiger charge is 2.15. The number of aliphatic hydroxyl groups is 2. The Hall–Kier alpha value is -1.14. The third-order valence-electron chi connectivity index (χ3n) is 4.16. The number of carboxylic acids is 1. The van der Waals surface area contributed by atoms with Crippen LogP contribution in [0.25, 0.3) is 0 Å². The van der Waals surface area contributed by atoms with Crippen molar-refractivity contribution in [2.75, 3.05) is 6.54 Å². The summed E-state index contributed by atoms with van der Waals surface area (Å²) in [4.78, 5) is 21.8. The molecule has 6 heteroatoms. The summed E-state index contributed by atoms with van der Waals surface area (Å²) >= 11 is 0. The van der Waals surface area contributed by atoms with Crippen LogP contribution in [0.1, 0.15) is 96.8 Å². The Bertz CT molecular complexity index is 352. The van der Waals surface area contributed by atoms with E-state index in [1.54, 1.807) is 0 Å². The second kappa shape index (κ2) is 15.1. The van der Waals surface area contributed by atoms with Gasteiger partial charge in [-0.15, -0.1) is 0 Å². The van der Waals surface area contributed by atoms with Crippen molar-refractivity contribution in [2.24, 2.45) is 0 Å². The first-order valence-corrected chi connectivity index (χ1v) is 9.74. The highest BCUT2D eigenvalue weighted by molar-refractivity contribution is 5.75. The lowest BCUT2D eigenvalue weighted by Gasteiger charge is -2.16. The minimum Gasteiger partial charge on any atom is -0.481 e. The molecule has 0 aliphatic rings. The third-order valence-corrected chi connectivity index (χ3v) is 4.16. The van der Waals surface area contributed by atoms with Crippen molar-refractivity contribution in [3.63, 3.8) is 0 Å². The summed E-state index contributed by atoms with van der Waals surface area (Å²) in [6.07, 6.45) is 14.1. The van der Waals surface area contributed by atoms with Crippen LogP contribution in [0.2, 0.25) is 0 Å². The van der Waals surface area contributed by atoms with Crippen LogP contribution in [0, 0.1) is 0 Å². The van der Waals surface area contributed by atoms with Crippen LogP contribution >= 0.6 is 0 Å². The van der Waals surface area contributed by atoms with Gasteiger partial charge in [-0.1, -0.05) is 64.2 Å². The standard InChI is InChI=1S/C19H37NO5/c1-19(24,25)16-20-17(21)14-12-10-8-6-4-2-3-5-7-9-11-13-15-18(22)23/h24-25H,2-16H2,1H3,(H,20,21)(H,22,23). The normalized spacial score (nSPS) is 11.5. The van der Waals surface area contributed by atoms with Gasteiger partial charge in [-0.05, 0) is 19.8 Å². The highest BCUT2D eigenvalue weighted by atomic mass is 16.5. The summed E-state index contributed by atoms with van der Waals surface area (Å²) in [5.74, 6) is -2.66. The van der Waals surface area contributed by atoms with E-state index in [1.807, 2.05) is 0 Å². The number of carbonyl (C=O) groups excluding carboxylic acids is 1.